The van der Waals surface area contributed by atoms with Crippen molar-refractivity contribution in [3.63, 3.8) is 0 Å². The normalized spacial score (nSPS) is 10.1. The lowest BCUT2D eigenvalue weighted by Crippen LogP contribution is -2.19. The molecule has 0 saturated carbocycles. The molecule has 4 nitrogen and oxygen atoms in total. The average molecular weight is 351 g/mol. The molecular weight excluding hydrogens is 332 g/mol. The molecule has 0 aliphatic carbocycles. The van der Waals surface area contributed by atoms with Gasteiger partial charge in [-0.05, 0) is 55.4 Å². The topological polar surface area (TPSA) is 42.5 Å². The molecular formula is C17H19ClN2O2S. The van der Waals surface area contributed by atoms with E-state index < -0.39 is 0 Å². The fourth-order valence-corrected chi connectivity index (χ4v) is 2.76. The van der Waals surface area contributed by atoms with Gasteiger partial charge in [0.1, 0.15) is 11.5 Å². The van der Waals surface area contributed by atoms with E-state index in [0.29, 0.717) is 27.3 Å². The number of ether oxygens (including phenoxy) is 2. The predicted octanol–water partition coefficient (Wildman–Crippen LogP) is 4.78. The smallest absolute Gasteiger partial charge is 0.175 e. The van der Waals surface area contributed by atoms with Crippen LogP contribution in [0.15, 0.2) is 30.3 Å². The summed E-state index contributed by atoms with van der Waals surface area (Å²) in [7, 11) is 3.13. The minimum atomic E-state index is 0.453. The number of anilines is 2. The van der Waals surface area contributed by atoms with E-state index in [4.69, 9.17) is 33.3 Å². The van der Waals surface area contributed by atoms with Crippen LogP contribution in [0.3, 0.4) is 0 Å². The van der Waals surface area contributed by atoms with E-state index in [9.17, 15) is 0 Å². The summed E-state index contributed by atoms with van der Waals surface area (Å²) in [6.07, 6.45) is 0. The number of rotatable bonds is 4. The van der Waals surface area contributed by atoms with E-state index >= 15 is 0 Å². The van der Waals surface area contributed by atoms with E-state index in [1.165, 1.54) is 11.1 Å². The number of hydrogen-bond acceptors (Lipinski definition) is 3. The van der Waals surface area contributed by atoms with Crippen LogP contribution < -0.4 is 20.1 Å². The van der Waals surface area contributed by atoms with Crippen LogP contribution >= 0.6 is 23.8 Å². The van der Waals surface area contributed by atoms with E-state index in [2.05, 4.69) is 16.7 Å². The Hall–Kier alpha value is -1.98. The van der Waals surface area contributed by atoms with Gasteiger partial charge in [-0.3, -0.25) is 0 Å². The van der Waals surface area contributed by atoms with Crippen LogP contribution in [-0.2, 0) is 0 Å². The summed E-state index contributed by atoms with van der Waals surface area (Å²) < 4.78 is 10.5. The van der Waals surface area contributed by atoms with Crippen molar-refractivity contribution >= 4 is 40.3 Å². The Kier molecular flexibility index (Phi) is 5.69. The van der Waals surface area contributed by atoms with Crippen molar-refractivity contribution in [2.24, 2.45) is 0 Å². The van der Waals surface area contributed by atoms with Crippen molar-refractivity contribution in [3.8, 4) is 11.5 Å². The zero-order valence-electron chi connectivity index (χ0n) is 13.5. The van der Waals surface area contributed by atoms with Crippen molar-refractivity contribution in [1.82, 2.24) is 0 Å². The van der Waals surface area contributed by atoms with Crippen molar-refractivity contribution in [2.75, 3.05) is 24.9 Å². The van der Waals surface area contributed by atoms with Gasteiger partial charge in [0.25, 0.3) is 0 Å². The largest absolute Gasteiger partial charge is 0.495 e. The van der Waals surface area contributed by atoms with Crippen LogP contribution in [0.25, 0.3) is 0 Å². The van der Waals surface area contributed by atoms with Crippen molar-refractivity contribution in [3.05, 3.63) is 46.5 Å². The molecule has 0 radical (unpaired) electrons. The molecule has 0 fully saturated rings. The van der Waals surface area contributed by atoms with Gasteiger partial charge in [-0.2, -0.15) is 0 Å². The first-order valence-electron chi connectivity index (χ1n) is 7.00. The quantitative estimate of drug-likeness (QED) is 0.776. The third-order valence-electron chi connectivity index (χ3n) is 3.20. The molecule has 0 spiro atoms. The zero-order chi connectivity index (χ0) is 17.0. The summed E-state index contributed by atoms with van der Waals surface area (Å²) >= 11 is 11.5. The van der Waals surface area contributed by atoms with E-state index in [0.717, 1.165) is 5.69 Å². The molecule has 122 valence electrons. The number of nitrogens with one attached hydrogen (secondary N) is 2. The molecule has 2 aromatic rings. The zero-order valence-corrected chi connectivity index (χ0v) is 15.1. The summed E-state index contributed by atoms with van der Waals surface area (Å²) in [6, 6.07) is 9.59. The maximum atomic E-state index is 6.16. The Morgan fingerprint density at radius 3 is 2.09 bits per heavy atom. The van der Waals surface area contributed by atoms with Crippen LogP contribution in [0.5, 0.6) is 11.5 Å². The molecule has 0 aromatic heterocycles. The molecule has 0 aliphatic heterocycles. The second-order valence-corrected chi connectivity index (χ2v) is 5.96. The maximum absolute atomic E-state index is 6.16. The molecule has 0 unspecified atom stereocenters. The lowest BCUT2D eigenvalue weighted by atomic mass is 10.1. The number of halogens is 1. The standard InChI is InChI=1S/C17H19ClN2O2S/c1-10-5-11(2)7-12(6-10)19-17(23)20-14-8-13(18)15(21-3)9-16(14)22-4/h5-9H,1-4H3,(H2,19,20,23). The van der Waals surface area contributed by atoms with Gasteiger partial charge in [0.2, 0.25) is 0 Å². The van der Waals surface area contributed by atoms with Crippen LogP contribution in [0.4, 0.5) is 11.4 Å². The second-order valence-electron chi connectivity index (χ2n) is 5.14. The summed E-state index contributed by atoms with van der Waals surface area (Å²) in [5.74, 6) is 1.14. The fourth-order valence-electron chi connectivity index (χ4n) is 2.29. The maximum Gasteiger partial charge on any atom is 0.175 e. The highest BCUT2D eigenvalue weighted by molar-refractivity contribution is 7.80. The van der Waals surface area contributed by atoms with Gasteiger partial charge in [0.15, 0.2) is 5.11 Å². The first-order chi connectivity index (χ1) is 10.9. The molecule has 0 saturated heterocycles. The van der Waals surface area contributed by atoms with E-state index in [1.54, 1.807) is 26.4 Å². The molecule has 2 N–H and O–H groups in total. The molecule has 2 rings (SSSR count). The first-order valence-corrected chi connectivity index (χ1v) is 7.79. The first kappa shape index (κ1) is 17.4. The van der Waals surface area contributed by atoms with Crippen molar-refractivity contribution in [1.29, 1.82) is 0 Å². The highest BCUT2D eigenvalue weighted by Gasteiger charge is 2.11. The Labute approximate surface area is 146 Å². The van der Waals surface area contributed by atoms with E-state index in [-0.39, 0.29) is 0 Å². The summed E-state index contributed by atoms with van der Waals surface area (Å²) in [4.78, 5) is 0. The van der Waals surface area contributed by atoms with Crippen LogP contribution in [-0.4, -0.2) is 19.3 Å². The molecule has 2 aromatic carbocycles. The Bertz CT molecular complexity index is 715. The van der Waals surface area contributed by atoms with Gasteiger partial charge >= 0.3 is 0 Å². The number of thiocarbonyl (C=S) groups is 1. The fraction of sp³-hybridized carbons (Fsp3) is 0.235. The average Bonchev–Trinajstić information content (AvgIpc) is 2.46. The van der Waals surface area contributed by atoms with Crippen LogP contribution in [0.1, 0.15) is 11.1 Å². The Balaban J connectivity index is 2.18. The lowest BCUT2D eigenvalue weighted by molar-refractivity contribution is 0.396. The second kappa shape index (κ2) is 7.53. The highest BCUT2D eigenvalue weighted by Crippen LogP contribution is 2.35. The highest BCUT2D eigenvalue weighted by atomic mass is 35.5. The van der Waals surface area contributed by atoms with Gasteiger partial charge < -0.3 is 20.1 Å². The summed E-state index contributed by atoms with van der Waals surface area (Å²) in [5, 5.41) is 7.19. The molecule has 0 bridgehead atoms. The molecule has 0 amide bonds. The van der Waals surface area contributed by atoms with Crippen molar-refractivity contribution in [2.45, 2.75) is 13.8 Å². The number of hydrogen-bond donors (Lipinski definition) is 2. The number of benzene rings is 2. The van der Waals surface area contributed by atoms with Gasteiger partial charge in [0, 0.05) is 11.8 Å². The predicted molar refractivity (Wildman–Crippen MR) is 100 cm³/mol. The Morgan fingerprint density at radius 2 is 1.52 bits per heavy atom. The summed E-state index contributed by atoms with van der Waals surface area (Å²) in [6.45, 7) is 4.09. The number of methoxy groups -OCH3 is 2. The van der Waals surface area contributed by atoms with Gasteiger partial charge in [-0.25, -0.2) is 0 Å². The minimum Gasteiger partial charge on any atom is -0.495 e. The minimum absolute atomic E-state index is 0.453. The molecule has 6 heteroatoms. The summed E-state index contributed by atoms with van der Waals surface area (Å²) in [5.41, 5.74) is 3.93. The van der Waals surface area contributed by atoms with Gasteiger partial charge in [-0.15, -0.1) is 0 Å². The molecule has 0 heterocycles. The SMILES string of the molecule is COc1cc(OC)c(NC(=S)Nc2cc(C)cc(C)c2)cc1Cl. The van der Waals surface area contributed by atoms with Crippen LogP contribution in [0, 0.1) is 13.8 Å². The molecule has 23 heavy (non-hydrogen) atoms. The van der Waals surface area contributed by atoms with E-state index in [1.807, 2.05) is 26.0 Å². The number of aryl methyl sites for hydroxylation is 2. The van der Waals surface area contributed by atoms with Crippen molar-refractivity contribution < 1.29 is 9.47 Å². The van der Waals surface area contributed by atoms with Crippen LogP contribution in [0.2, 0.25) is 5.02 Å². The molecule has 0 atom stereocenters. The van der Waals surface area contributed by atoms with Gasteiger partial charge in [-0.1, -0.05) is 17.7 Å². The third-order valence-corrected chi connectivity index (χ3v) is 3.70. The monoisotopic (exact) mass is 350 g/mol. The van der Waals surface area contributed by atoms with Gasteiger partial charge in [0.05, 0.1) is 24.9 Å². The third kappa shape index (κ3) is 4.50. The Morgan fingerprint density at radius 1 is 0.913 bits per heavy atom. The molecule has 0 aliphatic rings. The lowest BCUT2D eigenvalue weighted by Gasteiger charge is -2.16.